The molecule has 11 heteroatoms. The molecule has 2 aromatic heterocycles. The summed E-state index contributed by atoms with van der Waals surface area (Å²) in [6, 6.07) is 9.74. The molecule has 2 amide bonds. The lowest BCUT2D eigenvalue weighted by molar-refractivity contribution is 0.184. The van der Waals surface area contributed by atoms with Crippen molar-refractivity contribution >= 4 is 21.7 Å². The van der Waals surface area contributed by atoms with Crippen molar-refractivity contribution in [3.63, 3.8) is 0 Å². The Bertz CT molecular complexity index is 1240. The Morgan fingerprint density at radius 1 is 1.10 bits per heavy atom. The van der Waals surface area contributed by atoms with Crippen LogP contribution in [-0.2, 0) is 10.0 Å². The third kappa shape index (κ3) is 4.09. The number of amides is 2. The number of nitrogens with zero attached hydrogens (tertiary/aromatic N) is 4. The molecule has 1 aliphatic heterocycles. The normalized spacial score (nSPS) is 15.1. The summed E-state index contributed by atoms with van der Waals surface area (Å²) in [5, 5.41) is 2.84. The number of para-hydroxylation sites is 2. The molecule has 0 bridgehead atoms. The minimum absolute atomic E-state index is 0.133. The van der Waals surface area contributed by atoms with Crippen molar-refractivity contribution < 1.29 is 13.2 Å². The van der Waals surface area contributed by atoms with Gasteiger partial charge in [0, 0.05) is 50.5 Å². The van der Waals surface area contributed by atoms with Gasteiger partial charge in [-0.25, -0.2) is 18.0 Å². The van der Waals surface area contributed by atoms with Crippen molar-refractivity contribution in [2.24, 2.45) is 0 Å². The first kappa shape index (κ1) is 20.8. The lowest BCUT2D eigenvalue weighted by Gasteiger charge is -2.34. The van der Waals surface area contributed by atoms with Crippen molar-refractivity contribution in [3.05, 3.63) is 71.2 Å². The Kier molecular flexibility index (Phi) is 5.61. The van der Waals surface area contributed by atoms with Crippen LogP contribution in [0.15, 0.2) is 64.7 Å². The van der Waals surface area contributed by atoms with Crippen molar-refractivity contribution in [2.45, 2.75) is 11.8 Å². The third-order valence-electron chi connectivity index (χ3n) is 5.14. The number of sulfonamides is 1. The van der Waals surface area contributed by atoms with Crippen molar-refractivity contribution in [1.82, 2.24) is 23.7 Å². The summed E-state index contributed by atoms with van der Waals surface area (Å²) in [6.07, 6.45) is 4.43. The second kappa shape index (κ2) is 8.36. The lowest BCUT2D eigenvalue weighted by atomic mass is 10.2. The number of anilines is 1. The van der Waals surface area contributed by atoms with Crippen LogP contribution in [0.2, 0.25) is 0 Å². The highest BCUT2D eigenvalue weighted by Crippen LogP contribution is 2.21. The van der Waals surface area contributed by atoms with Crippen LogP contribution in [0.1, 0.15) is 5.69 Å². The fourth-order valence-electron chi connectivity index (χ4n) is 3.50. The Balaban J connectivity index is 1.46. The van der Waals surface area contributed by atoms with Gasteiger partial charge in [0.25, 0.3) is 0 Å². The van der Waals surface area contributed by atoms with Gasteiger partial charge in [0.05, 0.1) is 11.4 Å². The van der Waals surface area contributed by atoms with E-state index in [-0.39, 0.29) is 42.8 Å². The number of hydrogen-bond acceptors (Lipinski definition) is 5. The summed E-state index contributed by atoms with van der Waals surface area (Å²) in [7, 11) is -3.64. The zero-order chi connectivity index (χ0) is 22.0. The van der Waals surface area contributed by atoms with Crippen LogP contribution in [0, 0.1) is 6.92 Å². The van der Waals surface area contributed by atoms with Crippen LogP contribution in [0.4, 0.5) is 10.5 Å². The van der Waals surface area contributed by atoms with Crippen LogP contribution in [0.25, 0.3) is 5.69 Å². The Hall–Kier alpha value is -3.44. The summed E-state index contributed by atoms with van der Waals surface area (Å²) >= 11 is 0. The zero-order valence-electron chi connectivity index (χ0n) is 16.9. The Labute approximate surface area is 179 Å². The molecule has 1 aromatic carbocycles. The molecule has 3 aromatic rings. The molecule has 0 atom stereocenters. The van der Waals surface area contributed by atoms with E-state index in [1.54, 1.807) is 48.4 Å². The first-order valence-corrected chi connectivity index (χ1v) is 11.1. The molecule has 3 heterocycles. The van der Waals surface area contributed by atoms with E-state index in [0.717, 1.165) is 0 Å². The molecule has 10 nitrogen and oxygen atoms in total. The van der Waals surface area contributed by atoms with Gasteiger partial charge >= 0.3 is 11.7 Å². The third-order valence-corrected chi connectivity index (χ3v) is 7.03. The summed E-state index contributed by atoms with van der Waals surface area (Å²) in [5.74, 6) is 0. The predicted molar refractivity (Wildman–Crippen MR) is 115 cm³/mol. The molecular formula is C20H22N6O4S. The van der Waals surface area contributed by atoms with E-state index in [1.807, 2.05) is 0 Å². The molecule has 0 spiro atoms. The molecule has 0 unspecified atom stereocenters. The van der Waals surface area contributed by atoms with Crippen LogP contribution >= 0.6 is 0 Å². The number of piperazine rings is 1. The average Bonchev–Trinajstić information content (AvgIpc) is 3.12. The number of aromatic nitrogens is 3. The van der Waals surface area contributed by atoms with Gasteiger partial charge in [0.1, 0.15) is 4.90 Å². The summed E-state index contributed by atoms with van der Waals surface area (Å²) < 4.78 is 28.3. The van der Waals surface area contributed by atoms with E-state index in [2.05, 4.69) is 15.3 Å². The Morgan fingerprint density at radius 3 is 2.48 bits per heavy atom. The minimum Gasteiger partial charge on any atom is -0.322 e. The average molecular weight is 443 g/mol. The van der Waals surface area contributed by atoms with E-state index in [0.29, 0.717) is 17.1 Å². The molecule has 162 valence electrons. The number of imidazole rings is 1. The van der Waals surface area contributed by atoms with E-state index >= 15 is 0 Å². The molecule has 31 heavy (non-hydrogen) atoms. The molecule has 4 rings (SSSR count). The van der Waals surface area contributed by atoms with E-state index in [1.165, 1.54) is 27.3 Å². The van der Waals surface area contributed by atoms with Gasteiger partial charge in [-0.2, -0.15) is 4.31 Å². The first-order chi connectivity index (χ1) is 14.9. The molecule has 1 saturated heterocycles. The topological polar surface area (TPSA) is 120 Å². The highest BCUT2D eigenvalue weighted by atomic mass is 32.2. The van der Waals surface area contributed by atoms with Crippen LogP contribution in [-0.4, -0.2) is 64.4 Å². The monoisotopic (exact) mass is 442 g/mol. The van der Waals surface area contributed by atoms with Gasteiger partial charge in [-0.1, -0.05) is 12.1 Å². The standard InChI is InChI=1S/C20H22N6O4S/c1-15-13-22-19(27)26(15)18-7-3-2-6-17(18)23-20(28)24-9-11-25(12-10-24)31(29,30)16-5-4-8-21-14-16/h2-8,13-14H,9-12H2,1H3,(H,22,27)(H,23,28). The van der Waals surface area contributed by atoms with E-state index in [4.69, 9.17) is 0 Å². The number of rotatable bonds is 4. The molecule has 0 radical (unpaired) electrons. The largest absolute Gasteiger partial charge is 0.330 e. The predicted octanol–water partition coefficient (Wildman–Crippen LogP) is 1.41. The van der Waals surface area contributed by atoms with Crippen LogP contribution in [0.3, 0.4) is 0 Å². The van der Waals surface area contributed by atoms with Crippen molar-refractivity contribution in [1.29, 1.82) is 0 Å². The van der Waals surface area contributed by atoms with Gasteiger partial charge in [0.15, 0.2) is 0 Å². The number of benzene rings is 1. The number of aromatic amines is 1. The van der Waals surface area contributed by atoms with E-state index in [9.17, 15) is 18.0 Å². The number of aryl methyl sites for hydroxylation is 1. The van der Waals surface area contributed by atoms with Crippen molar-refractivity contribution in [3.8, 4) is 5.69 Å². The summed E-state index contributed by atoms with van der Waals surface area (Å²) in [4.78, 5) is 33.2. The number of hydrogen-bond donors (Lipinski definition) is 2. The maximum atomic E-state index is 12.8. The van der Waals surface area contributed by atoms with Gasteiger partial charge in [-0.3, -0.25) is 9.55 Å². The van der Waals surface area contributed by atoms with Gasteiger partial charge in [0.2, 0.25) is 10.0 Å². The fourth-order valence-corrected chi connectivity index (χ4v) is 4.89. The van der Waals surface area contributed by atoms with Crippen LogP contribution < -0.4 is 11.0 Å². The highest BCUT2D eigenvalue weighted by molar-refractivity contribution is 7.89. The molecule has 2 N–H and O–H groups in total. The second-order valence-corrected chi connectivity index (χ2v) is 9.04. The highest BCUT2D eigenvalue weighted by Gasteiger charge is 2.30. The lowest BCUT2D eigenvalue weighted by Crippen LogP contribution is -2.51. The number of pyridine rings is 1. The number of carbonyl (C=O) groups is 1. The van der Waals surface area contributed by atoms with Gasteiger partial charge in [-0.15, -0.1) is 0 Å². The van der Waals surface area contributed by atoms with Crippen LogP contribution in [0.5, 0.6) is 0 Å². The molecule has 1 fully saturated rings. The SMILES string of the molecule is Cc1c[nH]c(=O)n1-c1ccccc1NC(=O)N1CCN(S(=O)(=O)c2cccnc2)CC1. The van der Waals surface area contributed by atoms with Crippen molar-refractivity contribution in [2.75, 3.05) is 31.5 Å². The fraction of sp³-hybridized carbons (Fsp3) is 0.250. The molecule has 0 aliphatic carbocycles. The Morgan fingerprint density at radius 2 is 1.84 bits per heavy atom. The number of H-pyrrole nitrogens is 1. The molecular weight excluding hydrogens is 420 g/mol. The van der Waals surface area contributed by atoms with Gasteiger partial charge < -0.3 is 15.2 Å². The molecule has 0 saturated carbocycles. The maximum absolute atomic E-state index is 12.8. The number of carbonyl (C=O) groups excluding carboxylic acids is 1. The zero-order valence-corrected chi connectivity index (χ0v) is 17.7. The number of urea groups is 1. The maximum Gasteiger partial charge on any atom is 0.330 e. The smallest absolute Gasteiger partial charge is 0.322 e. The summed E-state index contributed by atoms with van der Waals surface area (Å²) in [6.45, 7) is 2.65. The minimum atomic E-state index is -3.64. The first-order valence-electron chi connectivity index (χ1n) is 9.70. The van der Waals surface area contributed by atoms with Gasteiger partial charge in [-0.05, 0) is 31.2 Å². The van der Waals surface area contributed by atoms with E-state index < -0.39 is 10.0 Å². The summed E-state index contributed by atoms with van der Waals surface area (Å²) in [5.41, 5.74) is 1.45. The quantitative estimate of drug-likeness (QED) is 0.633. The molecule has 1 aliphatic rings. The second-order valence-electron chi connectivity index (χ2n) is 7.10. The number of nitrogens with one attached hydrogen (secondary N) is 2.